The van der Waals surface area contributed by atoms with E-state index in [2.05, 4.69) is 4.90 Å². The lowest BCUT2D eigenvalue weighted by Gasteiger charge is -2.27. The lowest BCUT2D eigenvalue weighted by molar-refractivity contribution is 0.189. The average Bonchev–Trinajstić information content (AvgIpc) is 2.43. The molecule has 0 fully saturated rings. The summed E-state index contributed by atoms with van der Waals surface area (Å²) in [6.45, 7) is 4.33. The largest absolute Gasteiger partial charge is 0.389 e. The summed E-state index contributed by atoms with van der Waals surface area (Å²) in [6, 6.07) is 4.51. The number of benzene rings is 1. The number of methoxy groups -OCH3 is 2. The van der Waals surface area contributed by atoms with E-state index < -0.39 is 6.10 Å². The molecule has 0 aliphatic rings. The van der Waals surface area contributed by atoms with Gasteiger partial charge in [-0.25, -0.2) is 4.39 Å². The number of anilines is 1. The normalized spacial score (nSPS) is 12.4. The molecular formula is C15H24FNO3. The smallest absolute Gasteiger partial charge is 0.123 e. The van der Waals surface area contributed by atoms with Crippen LogP contribution >= 0.6 is 0 Å². The Morgan fingerprint density at radius 3 is 2.50 bits per heavy atom. The number of ether oxygens (including phenoxy) is 2. The van der Waals surface area contributed by atoms with E-state index in [1.54, 1.807) is 27.2 Å². The Bertz CT molecular complexity index is 399. The summed E-state index contributed by atoms with van der Waals surface area (Å²) in [5, 5.41) is 9.83. The predicted octanol–water partition coefficient (Wildman–Crippen LogP) is 2.37. The number of aliphatic hydroxyl groups is 1. The van der Waals surface area contributed by atoms with E-state index in [1.807, 2.05) is 0 Å². The van der Waals surface area contributed by atoms with Crippen molar-refractivity contribution in [2.24, 2.45) is 0 Å². The van der Waals surface area contributed by atoms with E-state index in [0.717, 1.165) is 18.7 Å². The highest BCUT2D eigenvalue weighted by molar-refractivity contribution is 5.54. The molecule has 0 saturated heterocycles. The maximum Gasteiger partial charge on any atom is 0.123 e. The summed E-state index contributed by atoms with van der Waals surface area (Å²) in [5.74, 6) is -0.340. The molecule has 1 unspecified atom stereocenters. The molecule has 0 bridgehead atoms. The number of nitrogens with zero attached hydrogens (tertiary/aromatic N) is 1. The van der Waals surface area contributed by atoms with Gasteiger partial charge in [0.1, 0.15) is 5.82 Å². The van der Waals surface area contributed by atoms with Gasteiger partial charge in [0.15, 0.2) is 0 Å². The number of hydrogen-bond donors (Lipinski definition) is 1. The predicted molar refractivity (Wildman–Crippen MR) is 77.6 cm³/mol. The fourth-order valence-corrected chi connectivity index (χ4v) is 2.10. The van der Waals surface area contributed by atoms with E-state index in [9.17, 15) is 9.50 Å². The lowest BCUT2D eigenvalue weighted by atomic mass is 10.1. The third kappa shape index (κ3) is 5.07. The molecule has 4 nitrogen and oxygen atoms in total. The Morgan fingerprint density at radius 1 is 1.20 bits per heavy atom. The summed E-state index contributed by atoms with van der Waals surface area (Å²) in [6.07, 6.45) is 0.143. The molecule has 0 heterocycles. The summed E-state index contributed by atoms with van der Waals surface area (Å²) in [7, 11) is 3.31. The molecule has 1 rings (SSSR count). The third-order valence-corrected chi connectivity index (χ3v) is 3.12. The quantitative estimate of drug-likeness (QED) is 0.707. The van der Waals surface area contributed by atoms with Gasteiger partial charge >= 0.3 is 0 Å². The molecule has 5 heteroatoms. The van der Waals surface area contributed by atoms with Gasteiger partial charge in [0.2, 0.25) is 0 Å². The van der Waals surface area contributed by atoms with Crippen LogP contribution in [0.5, 0.6) is 0 Å². The summed E-state index contributed by atoms with van der Waals surface area (Å²) < 4.78 is 23.5. The Kier molecular flexibility index (Phi) is 7.51. The topological polar surface area (TPSA) is 41.9 Å². The standard InChI is InChI=1S/C15H24FNO3/c1-12(18)14-11-13(16)5-6-15(14)17(8-10-20-3)7-4-9-19-2/h5-6,11-12,18H,4,7-10H2,1-3H3. The minimum absolute atomic E-state index is 0.340. The van der Waals surface area contributed by atoms with Crippen LogP contribution in [-0.2, 0) is 9.47 Å². The first-order valence-electron chi connectivity index (χ1n) is 6.80. The molecule has 114 valence electrons. The number of rotatable bonds is 9. The summed E-state index contributed by atoms with van der Waals surface area (Å²) in [4.78, 5) is 2.09. The van der Waals surface area contributed by atoms with Crippen LogP contribution in [-0.4, -0.2) is 45.6 Å². The van der Waals surface area contributed by atoms with Crippen molar-refractivity contribution in [2.75, 3.05) is 45.4 Å². The SMILES string of the molecule is COCCCN(CCOC)c1ccc(F)cc1C(C)O. The molecule has 0 amide bonds. The van der Waals surface area contributed by atoms with Crippen LogP contribution < -0.4 is 4.90 Å². The van der Waals surface area contributed by atoms with Crippen LogP contribution in [0.4, 0.5) is 10.1 Å². The maximum absolute atomic E-state index is 13.4. The zero-order chi connectivity index (χ0) is 15.0. The summed E-state index contributed by atoms with van der Waals surface area (Å²) >= 11 is 0. The van der Waals surface area contributed by atoms with Crippen molar-refractivity contribution in [3.63, 3.8) is 0 Å². The van der Waals surface area contributed by atoms with E-state index in [-0.39, 0.29) is 5.82 Å². The molecule has 0 aliphatic carbocycles. The van der Waals surface area contributed by atoms with Crippen LogP contribution in [0.25, 0.3) is 0 Å². The Morgan fingerprint density at radius 2 is 1.90 bits per heavy atom. The molecule has 0 aromatic heterocycles. The van der Waals surface area contributed by atoms with Crippen LogP contribution in [0.15, 0.2) is 18.2 Å². The Hall–Kier alpha value is -1.17. The zero-order valence-corrected chi connectivity index (χ0v) is 12.4. The highest BCUT2D eigenvalue weighted by Crippen LogP contribution is 2.27. The van der Waals surface area contributed by atoms with Crippen molar-refractivity contribution in [3.8, 4) is 0 Å². The van der Waals surface area contributed by atoms with E-state index in [0.29, 0.717) is 25.3 Å². The van der Waals surface area contributed by atoms with E-state index >= 15 is 0 Å². The molecule has 1 aromatic rings. The first-order valence-corrected chi connectivity index (χ1v) is 6.80. The van der Waals surface area contributed by atoms with Crippen LogP contribution in [0.2, 0.25) is 0 Å². The minimum Gasteiger partial charge on any atom is -0.389 e. The van der Waals surface area contributed by atoms with Crippen molar-refractivity contribution in [1.82, 2.24) is 0 Å². The Balaban J connectivity index is 2.92. The zero-order valence-electron chi connectivity index (χ0n) is 12.4. The average molecular weight is 285 g/mol. The van der Waals surface area contributed by atoms with Gasteiger partial charge in [0.05, 0.1) is 12.7 Å². The van der Waals surface area contributed by atoms with Crippen molar-refractivity contribution >= 4 is 5.69 Å². The summed E-state index contributed by atoms with van der Waals surface area (Å²) in [5.41, 5.74) is 1.44. The van der Waals surface area contributed by atoms with Crippen molar-refractivity contribution in [3.05, 3.63) is 29.6 Å². The van der Waals surface area contributed by atoms with Crippen LogP contribution in [0, 0.1) is 5.82 Å². The van der Waals surface area contributed by atoms with Gasteiger partial charge in [-0.05, 0) is 31.5 Å². The molecule has 0 aliphatic heterocycles. The van der Waals surface area contributed by atoms with Crippen LogP contribution in [0.1, 0.15) is 25.0 Å². The monoisotopic (exact) mass is 285 g/mol. The third-order valence-electron chi connectivity index (χ3n) is 3.12. The van der Waals surface area contributed by atoms with Crippen molar-refractivity contribution < 1.29 is 19.0 Å². The van der Waals surface area contributed by atoms with Gasteiger partial charge in [0.25, 0.3) is 0 Å². The number of halogens is 1. The van der Waals surface area contributed by atoms with Gasteiger partial charge < -0.3 is 19.5 Å². The van der Waals surface area contributed by atoms with Gasteiger partial charge in [-0.1, -0.05) is 0 Å². The molecule has 0 saturated carbocycles. The molecule has 20 heavy (non-hydrogen) atoms. The van der Waals surface area contributed by atoms with E-state index in [1.165, 1.54) is 12.1 Å². The van der Waals surface area contributed by atoms with Gasteiger partial charge in [-0.2, -0.15) is 0 Å². The van der Waals surface area contributed by atoms with E-state index in [4.69, 9.17) is 9.47 Å². The van der Waals surface area contributed by atoms with Crippen LogP contribution in [0.3, 0.4) is 0 Å². The fourth-order valence-electron chi connectivity index (χ4n) is 2.10. The lowest BCUT2D eigenvalue weighted by Crippen LogP contribution is -2.30. The van der Waals surface area contributed by atoms with Crippen molar-refractivity contribution in [1.29, 1.82) is 0 Å². The Labute approximate surface area is 120 Å². The first kappa shape index (κ1) is 16.9. The van der Waals surface area contributed by atoms with Gasteiger partial charge in [0, 0.05) is 45.2 Å². The van der Waals surface area contributed by atoms with Gasteiger partial charge in [-0.3, -0.25) is 0 Å². The molecule has 1 N–H and O–H groups in total. The number of aliphatic hydroxyl groups excluding tert-OH is 1. The highest BCUT2D eigenvalue weighted by Gasteiger charge is 2.15. The minimum atomic E-state index is -0.715. The molecule has 0 radical (unpaired) electrons. The molecule has 0 spiro atoms. The molecule has 1 atom stereocenters. The second kappa shape index (κ2) is 8.89. The molecular weight excluding hydrogens is 261 g/mol. The fraction of sp³-hybridized carbons (Fsp3) is 0.600. The van der Waals surface area contributed by atoms with Crippen molar-refractivity contribution in [2.45, 2.75) is 19.4 Å². The second-order valence-electron chi connectivity index (χ2n) is 4.71. The maximum atomic E-state index is 13.4. The first-order chi connectivity index (χ1) is 9.60. The molecule has 1 aromatic carbocycles. The second-order valence-corrected chi connectivity index (χ2v) is 4.71. The highest BCUT2D eigenvalue weighted by atomic mass is 19.1. The number of hydrogen-bond acceptors (Lipinski definition) is 4. The van der Waals surface area contributed by atoms with Gasteiger partial charge in [-0.15, -0.1) is 0 Å².